The Hall–Kier alpha value is -1.88. The number of carbonyl (C=O) groups is 2. The molecule has 2 N–H and O–H groups in total. The Bertz CT molecular complexity index is 530. The first-order valence-electron chi connectivity index (χ1n) is 7.82. The minimum atomic E-state index is -0.0981. The van der Waals surface area contributed by atoms with Crippen LogP contribution in [0, 0.1) is 5.92 Å². The Balaban J connectivity index is 1.83. The van der Waals surface area contributed by atoms with Crippen molar-refractivity contribution in [3.05, 3.63) is 35.4 Å². The molecule has 5 nitrogen and oxygen atoms in total. The van der Waals surface area contributed by atoms with Crippen LogP contribution >= 0.6 is 0 Å². The Morgan fingerprint density at radius 1 is 1.36 bits per heavy atom. The van der Waals surface area contributed by atoms with Crippen LogP contribution in [0.25, 0.3) is 0 Å². The maximum atomic E-state index is 12.2. The Morgan fingerprint density at radius 3 is 2.91 bits per heavy atom. The van der Waals surface area contributed by atoms with Crippen LogP contribution in [0.15, 0.2) is 24.3 Å². The molecule has 1 aliphatic rings. The lowest BCUT2D eigenvalue weighted by Gasteiger charge is -2.28. The summed E-state index contributed by atoms with van der Waals surface area (Å²) in [4.78, 5) is 23.8. The number of ether oxygens (including phenoxy) is 1. The molecule has 0 aromatic heterocycles. The molecule has 0 spiro atoms. The van der Waals surface area contributed by atoms with Gasteiger partial charge in [0.15, 0.2) is 0 Å². The highest BCUT2D eigenvalue weighted by Gasteiger charge is 2.28. The summed E-state index contributed by atoms with van der Waals surface area (Å²) in [6, 6.07) is 7.46. The second-order valence-corrected chi connectivity index (χ2v) is 5.65. The van der Waals surface area contributed by atoms with E-state index >= 15 is 0 Å². The molecule has 0 aliphatic carbocycles. The Kier molecular flexibility index (Phi) is 5.95. The lowest BCUT2D eigenvalue weighted by molar-refractivity contribution is -0.133. The van der Waals surface area contributed by atoms with Gasteiger partial charge in [-0.3, -0.25) is 9.59 Å². The van der Waals surface area contributed by atoms with Crippen molar-refractivity contribution < 1.29 is 14.3 Å². The molecule has 1 heterocycles. The van der Waals surface area contributed by atoms with Gasteiger partial charge < -0.3 is 15.4 Å². The molecule has 1 aromatic rings. The van der Waals surface area contributed by atoms with Crippen LogP contribution in [0.1, 0.15) is 35.7 Å². The first kappa shape index (κ1) is 16.5. The maximum absolute atomic E-state index is 12.2. The number of amides is 2. The zero-order valence-electron chi connectivity index (χ0n) is 13.2. The van der Waals surface area contributed by atoms with Gasteiger partial charge in [-0.1, -0.05) is 12.1 Å². The van der Waals surface area contributed by atoms with Crippen molar-refractivity contribution in [3.63, 3.8) is 0 Å². The molecule has 2 rings (SSSR count). The molecule has 0 saturated carbocycles. The van der Waals surface area contributed by atoms with Crippen molar-refractivity contribution in [2.45, 2.75) is 32.3 Å². The largest absolute Gasteiger partial charge is 0.378 e. The van der Waals surface area contributed by atoms with E-state index in [1.807, 2.05) is 25.1 Å². The van der Waals surface area contributed by atoms with E-state index in [2.05, 4.69) is 10.6 Å². The first-order chi connectivity index (χ1) is 10.6. The van der Waals surface area contributed by atoms with E-state index < -0.39 is 0 Å². The van der Waals surface area contributed by atoms with Gasteiger partial charge in [0.1, 0.15) is 0 Å². The van der Waals surface area contributed by atoms with Crippen molar-refractivity contribution in [1.29, 1.82) is 0 Å². The monoisotopic (exact) mass is 304 g/mol. The average Bonchev–Trinajstić information content (AvgIpc) is 2.54. The second-order valence-electron chi connectivity index (χ2n) is 5.65. The van der Waals surface area contributed by atoms with Gasteiger partial charge in [0.25, 0.3) is 5.91 Å². The molecular formula is C17H24N2O3. The van der Waals surface area contributed by atoms with E-state index in [4.69, 9.17) is 4.74 Å². The highest BCUT2D eigenvalue weighted by Crippen LogP contribution is 2.20. The van der Waals surface area contributed by atoms with Gasteiger partial charge in [0, 0.05) is 25.8 Å². The van der Waals surface area contributed by atoms with Crippen molar-refractivity contribution >= 4 is 11.8 Å². The summed E-state index contributed by atoms with van der Waals surface area (Å²) in [6.45, 7) is 3.27. The number of hydrogen-bond acceptors (Lipinski definition) is 3. The first-order valence-corrected chi connectivity index (χ1v) is 7.82. The SMILES string of the molecule is CNC(=O)c1cccc(CCNC(=O)[C@H]2CCCO[C@H]2C)c1. The third-order valence-corrected chi connectivity index (χ3v) is 4.07. The number of nitrogens with one attached hydrogen (secondary N) is 2. The molecule has 1 aliphatic heterocycles. The van der Waals surface area contributed by atoms with Crippen LogP contribution in [-0.4, -0.2) is 38.1 Å². The molecule has 5 heteroatoms. The zero-order valence-corrected chi connectivity index (χ0v) is 13.2. The summed E-state index contributed by atoms with van der Waals surface area (Å²) >= 11 is 0. The lowest BCUT2D eigenvalue weighted by atomic mass is 9.94. The van der Waals surface area contributed by atoms with Gasteiger partial charge >= 0.3 is 0 Å². The van der Waals surface area contributed by atoms with E-state index in [0.717, 1.165) is 25.0 Å². The molecule has 0 unspecified atom stereocenters. The fourth-order valence-electron chi connectivity index (χ4n) is 2.74. The number of hydrogen-bond donors (Lipinski definition) is 2. The second kappa shape index (κ2) is 7.94. The Labute approximate surface area is 131 Å². The highest BCUT2D eigenvalue weighted by atomic mass is 16.5. The van der Waals surface area contributed by atoms with Crippen LogP contribution < -0.4 is 10.6 Å². The van der Waals surface area contributed by atoms with Gasteiger partial charge in [-0.15, -0.1) is 0 Å². The van der Waals surface area contributed by atoms with Crippen LogP contribution in [0.5, 0.6) is 0 Å². The zero-order chi connectivity index (χ0) is 15.9. The van der Waals surface area contributed by atoms with E-state index in [9.17, 15) is 9.59 Å². The molecule has 0 bridgehead atoms. The van der Waals surface area contributed by atoms with E-state index in [1.54, 1.807) is 13.1 Å². The average molecular weight is 304 g/mol. The van der Waals surface area contributed by atoms with Gasteiger partial charge in [-0.2, -0.15) is 0 Å². The molecule has 2 atom stereocenters. The lowest BCUT2D eigenvalue weighted by Crippen LogP contribution is -2.40. The van der Waals surface area contributed by atoms with Crippen LogP contribution in [0.2, 0.25) is 0 Å². The summed E-state index contributed by atoms with van der Waals surface area (Å²) in [5.74, 6) is -0.0836. The number of benzene rings is 1. The number of rotatable bonds is 5. The summed E-state index contributed by atoms with van der Waals surface area (Å²) in [5.41, 5.74) is 1.68. The smallest absolute Gasteiger partial charge is 0.251 e. The van der Waals surface area contributed by atoms with Gasteiger partial charge in [-0.25, -0.2) is 0 Å². The van der Waals surface area contributed by atoms with E-state index in [1.165, 1.54) is 0 Å². The van der Waals surface area contributed by atoms with Crippen LogP contribution in [0.4, 0.5) is 0 Å². The quantitative estimate of drug-likeness (QED) is 0.866. The molecular weight excluding hydrogens is 280 g/mol. The molecule has 22 heavy (non-hydrogen) atoms. The fourth-order valence-corrected chi connectivity index (χ4v) is 2.74. The fraction of sp³-hybridized carbons (Fsp3) is 0.529. The minimum Gasteiger partial charge on any atom is -0.378 e. The van der Waals surface area contributed by atoms with Crippen LogP contribution in [-0.2, 0) is 16.0 Å². The maximum Gasteiger partial charge on any atom is 0.251 e. The van der Waals surface area contributed by atoms with Crippen molar-refractivity contribution in [2.24, 2.45) is 5.92 Å². The van der Waals surface area contributed by atoms with Gasteiger partial charge in [-0.05, 0) is 43.9 Å². The normalized spacial score (nSPS) is 21.2. The predicted molar refractivity (Wildman–Crippen MR) is 84.7 cm³/mol. The highest BCUT2D eigenvalue weighted by molar-refractivity contribution is 5.94. The van der Waals surface area contributed by atoms with Crippen molar-refractivity contribution in [3.8, 4) is 0 Å². The Morgan fingerprint density at radius 2 is 2.18 bits per heavy atom. The molecule has 1 saturated heterocycles. The molecule has 120 valence electrons. The van der Waals surface area contributed by atoms with Gasteiger partial charge in [0.05, 0.1) is 12.0 Å². The number of carbonyl (C=O) groups excluding carboxylic acids is 2. The molecule has 0 radical (unpaired) electrons. The standard InChI is InChI=1S/C17H24N2O3/c1-12-15(7-4-10-22-12)17(21)19-9-8-13-5-3-6-14(11-13)16(20)18-2/h3,5-6,11-12,15H,4,7-10H2,1-2H3,(H,18,20)(H,19,21)/t12-,15-/m0/s1. The minimum absolute atomic E-state index is 0.00896. The van der Waals surface area contributed by atoms with Crippen LogP contribution in [0.3, 0.4) is 0 Å². The van der Waals surface area contributed by atoms with Crippen molar-refractivity contribution in [1.82, 2.24) is 10.6 Å². The summed E-state index contributed by atoms with van der Waals surface area (Å²) in [6.07, 6.45) is 2.53. The summed E-state index contributed by atoms with van der Waals surface area (Å²) < 4.78 is 5.53. The van der Waals surface area contributed by atoms with Crippen molar-refractivity contribution in [2.75, 3.05) is 20.2 Å². The van der Waals surface area contributed by atoms with Gasteiger partial charge in [0.2, 0.25) is 5.91 Å². The summed E-state index contributed by atoms with van der Waals surface area (Å²) in [5, 5.41) is 5.58. The topological polar surface area (TPSA) is 67.4 Å². The molecule has 2 amide bonds. The predicted octanol–water partition coefficient (Wildman–Crippen LogP) is 1.52. The summed E-state index contributed by atoms with van der Waals surface area (Å²) in [7, 11) is 1.61. The van der Waals surface area contributed by atoms with E-state index in [0.29, 0.717) is 18.5 Å². The molecule has 1 fully saturated rings. The third-order valence-electron chi connectivity index (χ3n) is 4.07. The van der Waals surface area contributed by atoms with E-state index in [-0.39, 0.29) is 23.8 Å². The third kappa shape index (κ3) is 4.31. The molecule has 1 aromatic carbocycles.